The van der Waals surface area contributed by atoms with Crippen molar-refractivity contribution in [3.63, 3.8) is 0 Å². The van der Waals surface area contributed by atoms with E-state index in [2.05, 4.69) is 41.7 Å². The number of anilines is 1. The van der Waals surface area contributed by atoms with Crippen molar-refractivity contribution in [2.75, 3.05) is 12.4 Å². The van der Waals surface area contributed by atoms with Gasteiger partial charge in [0.2, 0.25) is 0 Å². The smallest absolute Gasteiger partial charge is 0.161 e. The summed E-state index contributed by atoms with van der Waals surface area (Å²) in [6, 6.07) is 17.3. The summed E-state index contributed by atoms with van der Waals surface area (Å²) >= 11 is 0. The molecule has 3 heteroatoms. The molecule has 2 atom stereocenters. The molecule has 0 fully saturated rings. The summed E-state index contributed by atoms with van der Waals surface area (Å²) in [7, 11) is 1.58. The van der Waals surface area contributed by atoms with Crippen LogP contribution in [0.3, 0.4) is 0 Å². The fraction of sp³-hybridized carbons (Fsp3) is 0.238. The van der Waals surface area contributed by atoms with Crippen molar-refractivity contribution in [2.24, 2.45) is 0 Å². The Balaban J connectivity index is 1.73. The molecule has 0 radical (unpaired) electrons. The highest BCUT2D eigenvalue weighted by Gasteiger charge is 2.37. The predicted octanol–water partition coefficient (Wildman–Crippen LogP) is 4.43. The molecule has 2 aliphatic rings. The maximum absolute atomic E-state index is 10.2. The van der Waals surface area contributed by atoms with Gasteiger partial charge in [0.25, 0.3) is 0 Å². The highest BCUT2D eigenvalue weighted by Crippen LogP contribution is 2.49. The quantitative estimate of drug-likeness (QED) is 0.698. The van der Waals surface area contributed by atoms with Crippen LogP contribution in [0.15, 0.2) is 48.5 Å². The normalized spacial score (nSPS) is 20.9. The Morgan fingerprint density at radius 3 is 2.83 bits per heavy atom. The first-order chi connectivity index (χ1) is 11.8. The van der Waals surface area contributed by atoms with Gasteiger partial charge in [-0.25, -0.2) is 0 Å². The lowest BCUT2D eigenvalue weighted by molar-refractivity contribution is 0.374. The van der Waals surface area contributed by atoms with Gasteiger partial charge in [-0.3, -0.25) is 0 Å². The molecule has 24 heavy (non-hydrogen) atoms. The monoisotopic (exact) mass is 317 g/mol. The third-order valence-electron chi connectivity index (χ3n) is 5.53. The van der Waals surface area contributed by atoms with Crippen LogP contribution in [0, 0.1) is 0 Å². The largest absolute Gasteiger partial charge is 0.504 e. The number of rotatable bonds is 1. The van der Waals surface area contributed by atoms with Crippen LogP contribution in [0.5, 0.6) is 11.5 Å². The molecule has 1 heterocycles. The summed E-state index contributed by atoms with van der Waals surface area (Å²) in [6.45, 7) is 0. The first-order valence-corrected chi connectivity index (χ1v) is 8.44. The van der Waals surface area contributed by atoms with Crippen molar-refractivity contribution in [1.29, 1.82) is 0 Å². The maximum atomic E-state index is 10.2. The zero-order valence-corrected chi connectivity index (χ0v) is 13.5. The van der Waals surface area contributed by atoms with Crippen LogP contribution in [0.2, 0.25) is 0 Å². The molecular formula is C21H19NO2. The Hall–Kier alpha value is -2.68. The van der Waals surface area contributed by atoms with E-state index in [0.29, 0.717) is 17.7 Å². The molecular weight excluding hydrogens is 298 g/mol. The van der Waals surface area contributed by atoms with Crippen LogP contribution in [0.1, 0.15) is 29.0 Å². The predicted molar refractivity (Wildman–Crippen MR) is 96.2 cm³/mol. The van der Waals surface area contributed by atoms with Crippen molar-refractivity contribution in [2.45, 2.75) is 24.8 Å². The average Bonchev–Trinajstić information content (AvgIpc) is 3.00. The highest BCUT2D eigenvalue weighted by molar-refractivity contribution is 5.99. The van der Waals surface area contributed by atoms with Crippen LogP contribution >= 0.6 is 0 Å². The Labute approximate surface area is 140 Å². The number of benzene rings is 3. The van der Waals surface area contributed by atoms with E-state index in [9.17, 15) is 5.11 Å². The van der Waals surface area contributed by atoms with Crippen LogP contribution in [-0.4, -0.2) is 18.3 Å². The fourth-order valence-electron chi connectivity index (χ4n) is 4.43. The van der Waals surface area contributed by atoms with E-state index in [0.717, 1.165) is 29.3 Å². The summed E-state index contributed by atoms with van der Waals surface area (Å²) in [5.41, 5.74) is 5.41. The maximum Gasteiger partial charge on any atom is 0.161 e. The molecule has 1 aliphatic carbocycles. The van der Waals surface area contributed by atoms with Crippen LogP contribution in [-0.2, 0) is 6.42 Å². The molecule has 5 rings (SSSR count). The van der Waals surface area contributed by atoms with Crippen LogP contribution in [0.25, 0.3) is 10.8 Å². The van der Waals surface area contributed by atoms with Gasteiger partial charge in [-0.15, -0.1) is 0 Å². The number of nitrogens with one attached hydrogen (secondary N) is 1. The molecule has 0 saturated heterocycles. The second-order valence-corrected chi connectivity index (χ2v) is 6.74. The highest BCUT2D eigenvalue weighted by atomic mass is 16.5. The van der Waals surface area contributed by atoms with Gasteiger partial charge in [-0.2, -0.15) is 0 Å². The number of methoxy groups -OCH3 is 1. The summed E-state index contributed by atoms with van der Waals surface area (Å²) < 4.78 is 5.24. The molecule has 0 aromatic heterocycles. The van der Waals surface area contributed by atoms with Gasteiger partial charge in [-0.05, 0) is 47.1 Å². The van der Waals surface area contributed by atoms with Crippen molar-refractivity contribution in [3.05, 3.63) is 65.2 Å². The van der Waals surface area contributed by atoms with Gasteiger partial charge in [0, 0.05) is 23.0 Å². The number of fused-ring (bicyclic) bond motifs is 7. The molecule has 1 aliphatic heterocycles. The Kier molecular flexibility index (Phi) is 2.81. The molecule has 0 bridgehead atoms. The van der Waals surface area contributed by atoms with Gasteiger partial charge in [0.1, 0.15) is 0 Å². The molecule has 2 N–H and O–H groups in total. The molecule has 3 aromatic carbocycles. The Morgan fingerprint density at radius 2 is 1.96 bits per heavy atom. The molecule has 3 nitrogen and oxygen atoms in total. The van der Waals surface area contributed by atoms with Crippen LogP contribution in [0.4, 0.5) is 5.69 Å². The number of aromatic hydroxyl groups is 1. The minimum atomic E-state index is 0.190. The fourth-order valence-corrected chi connectivity index (χ4v) is 4.43. The number of aryl methyl sites for hydroxylation is 1. The third-order valence-corrected chi connectivity index (χ3v) is 5.53. The molecule has 120 valence electrons. The second-order valence-electron chi connectivity index (χ2n) is 6.74. The molecule has 0 amide bonds. The number of phenolic OH excluding ortho intramolecular Hbond substituents is 1. The zero-order valence-electron chi connectivity index (χ0n) is 13.5. The molecule has 0 saturated carbocycles. The first kappa shape index (κ1) is 13.7. The van der Waals surface area contributed by atoms with Gasteiger partial charge in [0.05, 0.1) is 7.11 Å². The summed E-state index contributed by atoms with van der Waals surface area (Å²) in [4.78, 5) is 0. The van der Waals surface area contributed by atoms with Crippen molar-refractivity contribution in [3.8, 4) is 11.5 Å². The van der Waals surface area contributed by atoms with Crippen LogP contribution < -0.4 is 10.1 Å². The number of ether oxygens (including phenoxy) is 1. The van der Waals surface area contributed by atoms with Gasteiger partial charge < -0.3 is 15.2 Å². The summed E-state index contributed by atoms with van der Waals surface area (Å²) in [5.74, 6) is 1.11. The number of phenols is 1. The van der Waals surface area contributed by atoms with Crippen molar-refractivity contribution < 1.29 is 9.84 Å². The van der Waals surface area contributed by atoms with E-state index < -0.39 is 0 Å². The zero-order chi connectivity index (χ0) is 16.3. The van der Waals surface area contributed by atoms with E-state index in [1.54, 1.807) is 7.11 Å². The second kappa shape index (κ2) is 4.91. The number of hydrogen-bond acceptors (Lipinski definition) is 3. The summed E-state index contributed by atoms with van der Waals surface area (Å²) in [6.07, 6.45) is 2.26. The van der Waals surface area contributed by atoms with E-state index in [1.165, 1.54) is 16.7 Å². The Morgan fingerprint density at radius 1 is 1.08 bits per heavy atom. The van der Waals surface area contributed by atoms with Gasteiger partial charge >= 0.3 is 0 Å². The lowest BCUT2D eigenvalue weighted by atomic mass is 9.77. The lowest BCUT2D eigenvalue weighted by Crippen LogP contribution is -2.27. The van der Waals surface area contributed by atoms with Gasteiger partial charge in [-0.1, -0.05) is 36.4 Å². The Bertz CT molecular complexity index is 963. The molecule has 0 spiro atoms. The van der Waals surface area contributed by atoms with E-state index in [-0.39, 0.29) is 5.75 Å². The van der Waals surface area contributed by atoms with Gasteiger partial charge in [0.15, 0.2) is 11.5 Å². The third kappa shape index (κ3) is 1.78. The standard InChI is InChI=1S/C21H19NO2/c1-24-19-10-13-6-8-15-20-14-5-3-2-4-12(14)7-9-17(20)22-21(15)16(13)11-18(19)23/h2-6,8,10-11,17,20,22-23H,7,9H2,1H3. The van der Waals surface area contributed by atoms with E-state index in [4.69, 9.17) is 4.74 Å². The lowest BCUT2D eigenvalue weighted by Gasteiger charge is -2.28. The van der Waals surface area contributed by atoms with E-state index in [1.807, 2.05) is 12.1 Å². The molecule has 3 aromatic rings. The minimum absolute atomic E-state index is 0.190. The van der Waals surface area contributed by atoms with Crippen molar-refractivity contribution >= 4 is 16.5 Å². The SMILES string of the molecule is COc1cc2ccc3c(c2cc1O)NC1CCc2ccccc2C31. The topological polar surface area (TPSA) is 41.5 Å². The molecule has 2 unspecified atom stereocenters. The van der Waals surface area contributed by atoms with E-state index >= 15 is 0 Å². The van der Waals surface area contributed by atoms with Crippen molar-refractivity contribution in [1.82, 2.24) is 0 Å². The minimum Gasteiger partial charge on any atom is -0.504 e. The summed E-state index contributed by atoms with van der Waals surface area (Å²) in [5, 5.41) is 16.1. The first-order valence-electron chi connectivity index (χ1n) is 8.44. The number of hydrogen-bond donors (Lipinski definition) is 2. The average molecular weight is 317 g/mol.